The summed E-state index contributed by atoms with van der Waals surface area (Å²) < 4.78 is 9.96. The van der Waals surface area contributed by atoms with Crippen molar-refractivity contribution in [3.05, 3.63) is 30.3 Å². The van der Waals surface area contributed by atoms with Crippen molar-refractivity contribution in [1.82, 2.24) is 0 Å². The van der Waals surface area contributed by atoms with Crippen LogP contribution in [0, 0.1) is 0 Å². The van der Waals surface area contributed by atoms with Crippen molar-refractivity contribution in [2.45, 2.75) is 77.5 Å². The van der Waals surface area contributed by atoms with Gasteiger partial charge in [0.25, 0.3) is 0 Å². The number of unbranched alkanes of at least 4 members (excludes halogenated alkanes) is 3. The Balaban J connectivity index is 2.66. The van der Waals surface area contributed by atoms with Crippen molar-refractivity contribution in [3.8, 4) is 0 Å². The average molecular weight is 457 g/mol. The van der Waals surface area contributed by atoms with Gasteiger partial charge in [-0.1, -0.05) is 0 Å². The van der Waals surface area contributed by atoms with Crippen LogP contribution >= 0.6 is 11.8 Å². The second kappa shape index (κ2) is 13.1. The molecule has 2 nitrogen and oxygen atoms in total. The van der Waals surface area contributed by atoms with Gasteiger partial charge in [-0.3, -0.25) is 0 Å². The zero-order chi connectivity index (χ0) is 17.7. The van der Waals surface area contributed by atoms with E-state index in [1.165, 1.54) is 51.8 Å². The van der Waals surface area contributed by atoms with Gasteiger partial charge in [0.1, 0.15) is 0 Å². The molecule has 0 aliphatic carbocycles. The van der Waals surface area contributed by atoms with Crippen LogP contribution in [0.5, 0.6) is 0 Å². The Labute approximate surface area is 157 Å². The Morgan fingerprint density at radius 2 is 1.42 bits per heavy atom. The summed E-state index contributed by atoms with van der Waals surface area (Å²) in [5, 5.41) is 0. The van der Waals surface area contributed by atoms with Crippen LogP contribution in [0.1, 0.15) is 59.3 Å². The van der Waals surface area contributed by atoms with Gasteiger partial charge < -0.3 is 0 Å². The van der Waals surface area contributed by atoms with Gasteiger partial charge in [-0.25, -0.2) is 0 Å². The van der Waals surface area contributed by atoms with Crippen molar-refractivity contribution in [2.75, 3.05) is 5.75 Å². The summed E-state index contributed by atoms with van der Waals surface area (Å²) >= 11 is -1.18. The Bertz CT molecular complexity index is 428. The molecule has 0 amide bonds. The van der Waals surface area contributed by atoms with E-state index in [9.17, 15) is 4.79 Å². The summed E-state index contributed by atoms with van der Waals surface area (Å²) in [4.78, 5) is 13.7. The number of thioether (sulfide) groups is 1. The van der Waals surface area contributed by atoms with Crippen LogP contribution in [0.15, 0.2) is 35.2 Å². The number of benzene rings is 1. The molecule has 0 saturated carbocycles. The molecule has 24 heavy (non-hydrogen) atoms. The van der Waals surface area contributed by atoms with Crippen molar-refractivity contribution in [3.63, 3.8) is 0 Å². The summed E-state index contributed by atoms with van der Waals surface area (Å²) in [6.45, 7) is 6.72. The summed E-state index contributed by atoms with van der Waals surface area (Å²) in [6, 6.07) is 10.1. The van der Waals surface area contributed by atoms with Gasteiger partial charge in [-0.05, 0) is 0 Å². The van der Waals surface area contributed by atoms with Gasteiger partial charge in [-0.2, -0.15) is 0 Å². The summed E-state index contributed by atoms with van der Waals surface area (Å²) in [5.74, 6) is 0.482. The van der Waals surface area contributed by atoms with E-state index >= 15 is 0 Å². The maximum absolute atomic E-state index is 12.5. The fourth-order valence-electron chi connectivity index (χ4n) is 2.95. The molecule has 0 heterocycles. The molecular formula is C20H34O2SSn. The van der Waals surface area contributed by atoms with Gasteiger partial charge in [0.15, 0.2) is 0 Å². The third-order valence-electron chi connectivity index (χ3n) is 4.39. The quantitative estimate of drug-likeness (QED) is 0.245. The molecule has 0 bridgehead atoms. The SMILES string of the molecule is CCC[CH2][Sn]([CH2]CCC)([CH2]CCC)[O]C(=O)CSc1ccccc1. The van der Waals surface area contributed by atoms with Crippen LogP contribution in [0.2, 0.25) is 13.3 Å². The molecule has 1 aromatic rings. The van der Waals surface area contributed by atoms with Crippen LogP contribution < -0.4 is 0 Å². The minimum absolute atomic E-state index is 0.0305. The standard InChI is InChI=1S/C8H8O2S.3C4H9.Sn/c9-8(10)6-11-7-4-2-1-3-5-7;3*1-3-4-2;/h1-5H,6H2,(H,9,10);3*1,3-4H2,2H3;/q;;;;+1/p-1. The molecule has 136 valence electrons. The van der Waals surface area contributed by atoms with Crippen LogP contribution in [0.3, 0.4) is 0 Å². The first kappa shape index (κ1) is 21.9. The van der Waals surface area contributed by atoms with E-state index in [2.05, 4.69) is 32.9 Å². The molecule has 0 radical (unpaired) electrons. The molecule has 0 aromatic heterocycles. The van der Waals surface area contributed by atoms with Gasteiger partial charge in [0.05, 0.1) is 0 Å². The number of carbonyl (C=O) groups is 1. The number of rotatable bonds is 13. The van der Waals surface area contributed by atoms with E-state index < -0.39 is 18.8 Å². The van der Waals surface area contributed by atoms with Crippen molar-refractivity contribution in [2.24, 2.45) is 0 Å². The molecule has 0 aliphatic rings. The normalized spacial score (nSPS) is 11.5. The van der Waals surface area contributed by atoms with E-state index in [-0.39, 0.29) is 5.97 Å². The molecule has 0 aliphatic heterocycles. The van der Waals surface area contributed by atoms with Crippen molar-refractivity contribution < 1.29 is 7.87 Å². The van der Waals surface area contributed by atoms with E-state index in [1.807, 2.05) is 18.2 Å². The third kappa shape index (κ3) is 8.79. The molecule has 4 heteroatoms. The van der Waals surface area contributed by atoms with Crippen molar-refractivity contribution in [1.29, 1.82) is 0 Å². The van der Waals surface area contributed by atoms with E-state index in [1.54, 1.807) is 11.8 Å². The first-order valence-electron chi connectivity index (χ1n) is 9.55. The summed E-state index contributed by atoms with van der Waals surface area (Å²) in [6.07, 6.45) is 7.28. The first-order valence-corrected chi connectivity index (χ1v) is 17.8. The van der Waals surface area contributed by atoms with Gasteiger partial charge in [0.2, 0.25) is 0 Å². The fourth-order valence-corrected chi connectivity index (χ4v) is 17.1. The van der Waals surface area contributed by atoms with Crippen LogP contribution in [0.4, 0.5) is 0 Å². The number of hydrogen-bond acceptors (Lipinski definition) is 3. The minimum atomic E-state index is -2.78. The van der Waals surface area contributed by atoms with Crippen LogP contribution in [0.25, 0.3) is 0 Å². The molecular weight excluding hydrogens is 423 g/mol. The van der Waals surface area contributed by atoms with E-state index in [4.69, 9.17) is 3.07 Å². The van der Waals surface area contributed by atoms with E-state index in [0.717, 1.165) is 4.90 Å². The first-order chi connectivity index (χ1) is 11.7. The fraction of sp³-hybridized carbons (Fsp3) is 0.650. The molecule has 0 fully saturated rings. The van der Waals surface area contributed by atoms with Crippen LogP contribution in [-0.4, -0.2) is 30.5 Å². The molecule has 0 unspecified atom stereocenters. The maximum atomic E-state index is 12.5. The molecule has 0 N–H and O–H groups in total. The van der Waals surface area contributed by atoms with Gasteiger partial charge in [0, 0.05) is 0 Å². The Hall–Kier alpha value is -0.161. The Kier molecular flexibility index (Phi) is 11.9. The van der Waals surface area contributed by atoms with Gasteiger partial charge >= 0.3 is 158 Å². The molecule has 0 atom stereocenters. The number of hydrogen-bond donors (Lipinski definition) is 0. The Morgan fingerprint density at radius 3 is 1.88 bits per heavy atom. The van der Waals surface area contributed by atoms with Gasteiger partial charge in [-0.15, -0.1) is 0 Å². The second-order valence-electron chi connectivity index (χ2n) is 6.57. The third-order valence-corrected chi connectivity index (χ3v) is 18.1. The molecule has 1 aromatic carbocycles. The van der Waals surface area contributed by atoms with Crippen molar-refractivity contribution >= 4 is 36.5 Å². The molecule has 0 spiro atoms. The monoisotopic (exact) mass is 458 g/mol. The van der Waals surface area contributed by atoms with E-state index in [0.29, 0.717) is 5.75 Å². The predicted molar refractivity (Wildman–Crippen MR) is 108 cm³/mol. The average Bonchev–Trinajstić information content (AvgIpc) is 2.62. The zero-order valence-electron chi connectivity index (χ0n) is 15.7. The zero-order valence-corrected chi connectivity index (χ0v) is 19.4. The molecule has 1 rings (SSSR count). The summed E-state index contributed by atoms with van der Waals surface area (Å²) in [5.41, 5.74) is 0. The summed E-state index contributed by atoms with van der Waals surface area (Å²) in [7, 11) is 0. The topological polar surface area (TPSA) is 26.3 Å². The Morgan fingerprint density at radius 1 is 0.917 bits per heavy atom. The number of carbonyl (C=O) groups excluding carboxylic acids is 1. The molecule has 0 saturated heterocycles. The second-order valence-corrected chi connectivity index (χ2v) is 19.2. The van der Waals surface area contributed by atoms with Crippen LogP contribution in [-0.2, 0) is 7.87 Å². The predicted octanol–water partition coefficient (Wildman–Crippen LogP) is 6.67.